The van der Waals surface area contributed by atoms with Crippen LogP contribution >= 0.6 is 0 Å². The standard InChI is InChI=1S/C19H22FN3O3S/c1-12-10-13(20)8-9-15(12)17-16(11-24)18(21-14-6-4-3-5-7-14)23-19(22-17)27(2,25)26/h8-11,14H,3-7H2,1-2H3,(H,21,22,23). The van der Waals surface area contributed by atoms with Gasteiger partial charge in [-0.05, 0) is 43.5 Å². The van der Waals surface area contributed by atoms with Crippen LogP contribution < -0.4 is 5.32 Å². The number of carbonyl (C=O) groups is 1. The van der Waals surface area contributed by atoms with E-state index < -0.39 is 15.7 Å². The largest absolute Gasteiger partial charge is 0.367 e. The number of aryl methyl sites for hydroxylation is 1. The fraction of sp³-hybridized carbons (Fsp3) is 0.421. The molecular formula is C19H22FN3O3S. The normalized spacial score (nSPS) is 15.5. The Balaban J connectivity index is 2.18. The number of aldehydes is 1. The average Bonchev–Trinajstić information content (AvgIpc) is 2.61. The Hall–Kier alpha value is -2.35. The summed E-state index contributed by atoms with van der Waals surface area (Å²) in [6, 6.07) is 4.20. The van der Waals surface area contributed by atoms with Gasteiger partial charge >= 0.3 is 0 Å². The summed E-state index contributed by atoms with van der Waals surface area (Å²) in [6.07, 6.45) is 6.81. The Bertz CT molecular complexity index is 970. The lowest BCUT2D eigenvalue weighted by Crippen LogP contribution is -2.24. The molecule has 1 aliphatic carbocycles. The highest BCUT2D eigenvalue weighted by molar-refractivity contribution is 7.90. The first kappa shape index (κ1) is 19.4. The van der Waals surface area contributed by atoms with Gasteiger partial charge in [0.2, 0.25) is 15.0 Å². The van der Waals surface area contributed by atoms with Gasteiger partial charge in [-0.1, -0.05) is 19.3 Å². The zero-order valence-electron chi connectivity index (χ0n) is 15.3. The van der Waals surface area contributed by atoms with Crippen molar-refractivity contribution in [3.8, 4) is 11.3 Å². The molecule has 0 atom stereocenters. The summed E-state index contributed by atoms with van der Waals surface area (Å²) in [5, 5.41) is 2.88. The van der Waals surface area contributed by atoms with Crippen LogP contribution in [0.25, 0.3) is 11.3 Å². The first-order valence-corrected chi connectivity index (χ1v) is 10.8. The average molecular weight is 391 g/mol. The monoisotopic (exact) mass is 391 g/mol. The molecule has 0 saturated heterocycles. The summed E-state index contributed by atoms with van der Waals surface area (Å²) in [5.41, 5.74) is 1.43. The van der Waals surface area contributed by atoms with Gasteiger partial charge in [0, 0.05) is 17.9 Å². The molecule has 0 bridgehead atoms. The Labute approximate surface area is 158 Å². The van der Waals surface area contributed by atoms with E-state index in [1.54, 1.807) is 6.92 Å². The van der Waals surface area contributed by atoms with E-state index in [9.17, 15) is 17.6 Å². The Morgan fingerprint density at radius 3 is 2.48 bits per heavy atom. The maximum Gasteiger partial charge on any atom is 0.249 e. The molecule has 8 heteroatoms. The van der Waals surface area contributed by atoms with Gasteiger partial charge in [-0.15, -0.1) is 0 Å². The fourth-order valence-corrected chi connectivity index (χ4v) is 3.89. The van der Waals surface area contributed by atoms with Gasteiger partial charge in [0.05, 0.1) is 11.3 Å². The van der Waals surface area contributed by atoms with Crippen molar-refractivity contribution in [3.05, 3.63) is 35.1 Å². The SMILES string of the molecule is Cc1cc(F)ccc1-c1nc(S(C)(=O)=O)nc(NC2CCCCC2)c1C=O. The van der Waals surface area contributed by atoms with Gasteiger partial charge in [-0.2, -0.15) is 0 Å². The summed E-state index contributed by atoms with van der Waals surface area (Å²) < 4.78 is 37.7. The third-order valence-electron chi connectivity index (χ3n) is 4.76. The number of anilines is 1. The molecule has 0 unspecified atom stereocenters. The lowest BCUT2D eigenvalue weighted by Gasteiger charge is -2.24. The smallest absolute Gasteiger partial charge is 0.249 e. The highest BCUT2D eigenvalue weighted by atomic mass is 32.2. The predicted octanol–water partition coefficient (Wildman–Crippen LogP) is 3.55. The van der Waals surface area contributed by atoms with Crippen LogP contribution in [-0.4, -0.2) is 37.0 Å². The third kappa shape index (κ3) is 4.32. The van der Waals surface area contributed by atoms with Crippen LogP contribution in [-0.2, 0) is 9.84 Å². The number of sulfone groups is 1. The molecule has 1 aromatic carbocycles. The molecule has 1 N–H and O–H groups in total. The minimum Gasteiger partial charge on any atom is -0.367 e. The van der Waals surface area contributed by atoms with Gasteiger partial charge < -0.3 is 5.32 Å². The van der Waals surface area contributed by atoms with Crippen molar-refractivity contribution in [1.29, 1.82) is 0 Å². The van der Waals surface area contributed by atoms with Crippen LogP contribution in [0.3, 0.4) is 0 Å². The van der Waals surface area contributed by atoms with Crippen LogP contribution in [0.2, 0.25) is 0 Å². The fourth-order valence-electron chi connectivity index (χ4n) is 3.37. The van der Waals surface area contributed by atoms with Crippen molar-refractivity contribution in [2.75, 3.05) is 11.6 Å². The summed E-state index contributed by atoms with van der Waals surface area (Å²) in [5.74, 6) is -0.201. The molecule has 1 aliphatic rings. The topological polar surface area (TPSA) is 89.0 Å². The van der Waals surface area contributed by atoms with E-state index in [2.05, 4.69) is 15.3 Å². The quantitative estimate of drug-likeness (QED) is 0.619. The van der Waals surface area contributed by atoms with E-state index in [1.165, 1.54) is 18.2 Å². The van der Waals surface area contributed by atoms with Crippen LogP contribution in [0.15, 0.2) is 23.4 Å². The van der Waals surface area contributed by atoms with E-state index in [4.69, 9.17) is 0 Å². The molecule has 1 heterocycles. The van der Waals surface area contributed by atoms with Gasteiger partial charge in [0.1, 0.15) is 11.6 Å². The number of hydrogen-bond acceptors (Lipinski definition) is 6. The first-order chi connectivity index (χ1) is 12.8. The number of hydrogen-bond donors (Lipinski definition) is 1. The molecule has 0 radical (unpaired) electrons. The molecular weight excluding hydrogens is 369 g/mol. The Morgan fingerprint density at radius 1 is 1.19 bits per heavy atom. The minimum atomic E-state index is -3.69. The van der Waals surface area contributed by atoms with E-state index in [1.807, 2.05) is 0 Å². The van der Waals surface area contributed by atoms with Crippen molar-refractivity contribution in [3.63, 3.8) is 0 Å². The molecule has 144 valence electrons. The number of aromatic nitrogens is 2. The van der Waals surface area contributed by atoms with Crippen LogP contribution in [0.1, 0.15) is 48.0 Å². The van der Waals surface area contributed by atoms with E-state index >= 15 is 0 Å². The molecule has 1 saturated carbocycles. The molecule has 0 amide bonds. The molecule has 0 aliphatic heterocycles. The highest BCUT2D eigenvalue weighted by Crippen LogP contribution is 2.31. The van der Waals surface area contributed by atoms with Crippen molar-refractivity contribution in [1.82, 2.24) is 9.97 Å². The second-order valence-electron chi connectivity index (χ2n) is 6.95. The number of nitrogens with one attached hydrogen (secondary N) is 1. The van der Waals surface area contributed by atoms with Crippen molar-refractivity contribution >= 4 is 21.9 Å². The first-order valence-electron chi connectivity index (χ1n) is 8.90. The maximum absolute atomic E-state index is 13.5. The molecule has 0 spiro atoms. The number of benzene rings is 1. The summed E-state index contributed by atoms with van der Waals surface area (Å²) in [7, 11) is -3.69. The third-order valence-corrected chi connectivity index (χ3v) is 5.61. The van der Waals surface area contributed by atoms with Crippen molar-refractivity contribution in [2.45, 2.75) is 50.2 Å². The van der Waals surface area contributed by atoms with Gasteiger partial charge in [0.15, 0.2) is 6.29 Å². The molecule has 6 nitrogen and oxygen atoms in total. The highest BCUT2D eigenvalue weighted by Gasteiger charge is 2.23. The minimum absolute atomic E-state index is 0.127. The van der Waals surface area contributed by atoms with Crippen molar-refractivity contribution < 1.29 is 17.6 Å². The van der Waals surface area contributed by atoms with Crippen LogP contribution in [0.4, 0.5) is 10.2 Å². The Kier molecular flexibility index (Phi) is 5.55. The molecule has 2 aromatic rings. The van der Waals surface area contributed by atoms with Gasteiger partial charge in [-0.3, -0.25) is 4.79 Å². The van der Waals surface area contributed by atoms with Crippen molar-refractivity contribution in [2.24, 2.45) is 0 Å². The number of halogens is 1. The zero-order chi connectivity index (χ0) is 19.6. The van der Waals surface area contributed by atoms with Crippen LogP contribution in [0.5, 0.6) is 0 Å². The molecule has 1 aromatic heterocycles. The Morgan fingerprint density at radius 2 is 1.89 bits per heavy atom. The summed E-state index contributed by atoms with van der Waals surface area (Å²) in [6.45, 7) is 1.68. The van der Waals surface area contributed by atoms with Crippen LogP contribution in [0, 0.1) is 12.7 Å². The van der Waals surface area contributed by atoms with E-state index in [0.29, 0.717) is 17.4 Å². The molecule has 27 heavy (non-hydrogen) atoms. The van der Waals surface area contributed by atoms with Gasteiger partial charge in [-0.25, -0.2) is 22.8 Å². The number of rotatable bonds is 5. The van der Waals surface area contributed by atoms with Gasteiger partial charge in [0.25, 0.3) is 0 Å². The summed E-state index contributed by atoms with van der Waals surface area (Å²) >= 11 is 0. The lowest BCUT2D eigenvalue weighted by atomic mass is 9.95. The number of carbonyl (C=O) groups excluding carboxylic acids is 1. The zero-order valence-corrected chi connectivity index (χ0v) is 16.1. The number of nitrogens with zero attached hydrogens (tertiary/aromatic N) is 2. The lowest BCUT2D eigenvalue weighted by molar-refractivity contribution is 0.112. The maximum atomic E-state index is 13.5. The predicted molar refractivity (Wildman–Crippen MR) is 101 cm³/mol. The summed E-state index contributed by atoms with van der Waals surface area (Å²) in [4.78, 5) is 20.1. The second-order valence-corrected chi connectivity index (χ2v) is 8.86. The molecule has 1 fully saturated rings. The van der Waals surface area contributed by atoms with E-state index in [-0.39, 0.29) is 28.3 Å². The molecule has 3 rings (SSSR count). The van der Waals surface area contributed by atoms with E-state index in [0.717, 1.165) is 38.4 Å². The second kappa shape index (κ2) is 7.72.